The first-order valence-corrected chi connectivity index (χ1v) is 11.3. The quantitative estimate of drug-likeness (QED) is 0.630. The molecule has 0 saturated heterocycles. The van der Waals surface area contributed by atoms with Gasteiger partial charge in [-0.25, -0.2) is 13.6 Å². The number of carbonyl (C=O) groups excluding carboxylic acids is 1. The van der Waals surface area contributed by atoms with E-state index in [9.17, 15) is 13.2 Å². The highest BCUT2D eigenvalue weighted by Crippen LogP contribution is 2.21. The lowest BCUT2D eigenvalue weighted by atomic mass is 10.3. The maximum Gasteiger partial charge on any atom is 0.297 e. The first-order valence-electron chi connectivity index (χ1n) is 8.92. The molecule has 0 radical (unpaired) electrons. The predicted molar refractivity (Wildman–Crippen MR) is 110 cm³/mol. The van der Waals surface area contributed by atoms with Gasteiger partial charge in [-0.05, 0) is 45.0 Å². The summed E-state index contributed by atoms with van der Waals surface area (Å²) in [7, 11) is -2.25. The van der Waals surface area contributed by atoms with Gasteiger partial charge in [-0.3, -0.25) is 9.48 Å². The second-order valence-electron chi connectivity index (χ2n) is 6.83. The van der Waals surface area contributed by atoms with E-state index < -0.39 is 15.9 Å². The van der Waals surface area contributed by atoms with Crippen LogP contribution in [0.15, 0.2) is 34.2 Å². The fourth-order valence-electron chi connectivity index (χ4n) is 2.93. The summed E-state index contributed by atoms with van der Waals surface area (Å²) < 4.78 is 32.7. The number of nitrogens with two attached hydrogens (primary N) is 1. The highest BCUT2D eigenvalue weighted by atomic mass is 32.2. The van der Waals surface area contributed by atoms with Crippen molar-refractivity contribution in [3.05, 3.63) is 40.5 Å². The molecule has 29 heavy (non-hydrogen) atoms. The number of ether oxygens (including phenoxy) is 1. The van der Waals surface area contributed by atoms with Crippen molar-refractivity contribution >= 4 is 37.5 Å². The lowest BCUT2D eigenvalue weighted by Crippen LogP contribution is -2.20. The van der Waals surface area contributed by atoms with E-state index in [4.69, 9.17) is 9.88 Å². The maximum absolute atomic E-state index is 12.9. The van der Waals surface area contributed by atoms with E-state index in [1.165, 1.54) is 23.5 Å². The summed E-state index contributed by atoms with van der Waals surface area (Å²) in [5, 5.41) is 9.60. The van der Waals surface area contributed by atoms with Gasteiger partial charge >= 0.3 is 0 Å². The van der Waals surface area contributed by atoms with E-state index in [-0.39, 0.29) is 10.9 Å². The van der Waals surface area contributed by atoms with Gasteiger partial charge in [0.25, 0.3) is 5.91 Å². The van der Waals surface area contributed by atoms with E-state index in [0.717, 1.165) is 11.2 Å². The Balaban J connectivity index is 2.17. The number of primary sulfonamides is 1. The van der Waals surface area contributed by atoms with Gasteiger partial charge in [0, 0.05) is 19.7 Å². The monoisotopic (exact) mass is 437 g/mol. The number of aryl methyl sites for hydroxylation is 1. The zero-order valence-corrected chi connectivity index (χ0v) is 18.2. The molecule has 2 N–H and O–H groups in total. The molecule has 156 valence electrons. The molecule has 11 heteroatoms. The fraction of sp³-hybridized carbons (Fsp3) is 0.389. The molecule has 1 amide bonds. The second-order valence-corrected chi connectivity index (χ2v) is 9.40. The molecule has 3 rings (SSSR count). The molecule has 0 aliphatic heterocycles. The van der Waals surface area contributed by atoms with Crippen LogP contribution in [0.5, 0.6) is 0 Å². The number of carbonyl (C=O) groups is 1. The number of aromatic nitrogens is 3. The smallest absolute Gasteiger partial charge is 0.297 e. The van der Waals surface area contributed by atoms with Gasteiger partial charge in [-0.15, -0.1) is 0 Å². The van der Waals surface area contributed by atoms with Gasteiger partial charge in [-0.2, -0.15) is 10.1 Å². The van der Waals surface area contributed by atoms with Crippen LogP contribution in [0.1, 0.15) is 36.1 Å². The Morgan fingerprint density at radius 3 is 2.69 bits per heavy atom. The molecule has 2 aromatic heterocycles. The van der Waals surface area contributed by atoms with Crippen molar-refractivity contribution in [1.29, 1.82) is 0 Å². The fourth-order valence-corrected chi connectivity index (χ4v) is 4.64. The lowest BCUT2D eigenvalue weighted by molar-refractivity contribution is 0.0985. The summed E-state index contributed by atoms with van der Waals surface area (Å²) in [5.41, 5.74) is 1.89. The molecule has 0 atom stereocenters. The molecule has 0 spiro atoms. The molecular weight excluding hydrogens is 414 g/mol. The first-order chi connectivity index (χ1) is 13.6. The van der Waals surface area contributed by atoms with E-state index in [0.29, 0.717) is 28.3 Å². The molecule has 9 nitrogen and oxygen atoms in total. The molecular formula is C18H23N5O4S2. The number of fused-ring (bicyclic) bond motifs is 1. The Hall–Kier alpha value is -2.34. The van der Waals surface area contributed by atoms with Crippen LogP contribution in [0.4, 0.5) is 0 Å². The molecule has 3 aromatic rings. The molecule has 0 fully saturated rings. The van der Waals surface area contributed by atoms with Crippen molar-refractivity contribution in [2.24, 2.45) is 10.1 Å². The Morgan fingerprint density at radius 2 is 2.07 bits per heavy atom. The van der Waals surface area contributed by atoms with Crippen LogP contribution in [0, 0.1) is 6.92 Å². The van der Waals surface area contributed by atoms with Crippen molar-refractivity contribution in [1.82, 2.24) is 14.3 Å². The van der Waals surface area contributed by atoms with Gasteiger partial charge in [0.1, 0.15) is 5.69 Å². The van der Waals surface area contributed by atoms with Gasteiger partial charge in [0.05, 0.1) is 27.4 Å². The lowest BCUT2D eigenvalue weighted by Gasteiger charge is -2.08. The van der Waals surface area contributed by atoms with E-state index in [1.54, 1.807) is 23.9 Å². The third-order valence-corrected chi connectivity index (χ3v) is 6.22. The normalized spacial score (nSPS) is 13.0. The molecule has 2 heterocycles. The molecule has 0 unspecified atom stereocenters. The van der Waals surface area contributed by atoms with Crippen LogP contribution in [0.3, 0.4) is 0 Å². The van der Waals surface area contributed by atoms with Crippen molar-refractivity contribution in [3.8, 4) is 0 Å². The standard InChI is InChI=1S/C18H23N5O4S2/c1-11(2)23-15(9-12(3)21-23)17(24)20-18-22(7-8-27-4)14-6-5-13(29(19,25)26)10-16(14)28-18/h5-6,9-11H,7-8H2,1-4H3,(H2,19,25,26). The summed E-state index contributed by atoms with van der Waals surface area (Å²) in [5.74, 6) is -0.413. The average molecular weight is 438 g/mol. The zero-order valence-electron chi connectivity index (χ0n) is 16.6. The maximum atomic E-state index is 12.9. The topological polar surface area (TPSA) is 122 Å². The number of hydrogen-bond acceptors (Lipinski definition) is 6. The van der Waals surface area contributed by atoms with Gasteiger partial charge in [-0.1, -0.05) is 11.3 Å². The van der Waals surface area contributed by atoms with Crippen molar-refractivity contribution < 1.29 is 17.9 Å². The highest BCUT2D eigenvalue weighted by molar-refractivity contribution is 7.89. The van der Waals surface area contributed by atoms with Crippen LogP contribution in [-0.4, -0.2) is 42.4 Å². The number of sulfonamides is 1. The molecule has 1 aromatic carbocycles. The van der Waals surface area contributed by atoms with Crippen molar-refractivity contribution in [2.75, 3.05) is 13.7 Å². The van der Waals surface area contributed by atoms with E-state index >= 15 is 0 Å². The Morgan fingerprint density at radius 1 is 1.34 bits per heavy atom. The number of benzene rings is 1. The number of methoxy groups -OCH3 is 1. The summed E-state index contributed by atoms with van der Waals surface area (Å²) in [6.07, 6.45) is 0. The Kier molecular flexibility index (Phi) is 6.03. The van der Waals surface area contributed by atoms with Crippen LogP contribution >= 0.6 is 11.3 Å². The van der Waals surface area contributed by atoms with Crippen LogP contribution in [-0.2, 0) is 21.3 Å². The van der Waals surface area contributed by atoms with Crippen LogP contribution < -0.4 is 9.94 Å². The number of rotatable bonds is 6. The summed E-state index contributed by atoms with van der Waals surface area (Å²) >= 11 is 1.22. The first kappa shape index (κ1) is 21.4. The van der Waals surface area contributed by atoms with E-state index in [2.05, 4.69) is 10.1 Å². The molecule has 0 aliphatic rings. The van der Waals surface area contributed by atoms with Gasteiger partial charge in [0.2, 0.25) is 10.0 Å². The highest BCUT2D eigenvalue weighted by Gasteiger charge is 2.17. The number of hydrogen-bond donors (Lipinski definition) is 1. The summed E-state index contributed by atoms with van der Waals surface area (Å²) in [4.78, 5) is 17.7. The number of thiazole rings is 1. The van der Waals surface area contributed by atoms with Crippen LogP contribution in [0.25, 0.3) is 10.2 Å². The molecule has 0 bridgehead atoms. The molecule has 0 saturated carbocycles. The third kappa shape index (κ3) is 4.47. The summed E-state index contributed by atoms with van der Waals surface area (Å²) in [6, 6.07) is 6.31. The third-order valence-electron chi connectivity index (χ3n) is 4.27. The zero-order chi connectivity index (χ0) is 21.3. The number of amides is 1. The Labute approximate surface area is 172 Å². The van der Waals surface area contributed by atoms with Crippen LogP contribution in [0.2, 0.25) is 0 Å². The average Bonchev–Trinajstić information content (AvgIpc) is 3.19. The van der Waals surface area contributed by atoms with Gasteiger partial charge < -0.3 is 9.30 Å². The minimum Gasteiger partial charge on any atom is -0.383 e. The minimum atomic E-state index is -3.83. The second kappa shape index (κ2) is 8.19. The largest absolute Gasteiger partial charge is 0.383 e. The molecule has 0 aliphatic carbocycles. The van der Waals surface area contributed by atoms with E-state index in [1.807, 2.05) is 25.3 Å². The van der Waals surface area contributed by atoms with Crippen molar-refractivity contribution in [3.63, 3.8) is 0 Å². The van der Waals surface area contributed by atoms with Gasteiger partial charge in [0.15, 0.2) is 4.80 Å². The minimum absolute atomic E-state index is 0.0107. The Bertz CT molecular complexity index is 1230. The summed E-state index contributed by atoms with van der Waals surface area (Å²) in [6.45, 7) is 6.57. The van der Waals surface area contributed by atoms with Crippen molar-refractivity contribution in [2.45, 2.75) is 38.3 Å². The predicted octanol–water partition coefficient (Wildman–Crippen LogP) is 1.82. The number of nitrogens with zero attached hydrogens (tertiary/aromatic N) is 4. The SMILES string of the molecule is COCCn1c(=NC(=O)c2cc(C)nn2C(C)C)sc2cc(S(N)(=O)=O)ccc21.